The molecule has 0 spiro atoms. The van der Waals surface area contributed by atoms with Gasteiger partial charge in [-0.25, -0.2) is 8.42 Å². The van der Waals surface area contributed by atoms with E-state index in [0.717, 1.165) is 24.7 Å². The first-order valence-corrected chi connectivity index (χ1v) is 11.8. The number of aromatic nitrogens is 2. The van der Waals surface area contributed by atoms with E-state index in [1.807, 2.05) is 17.0 Å². The monoisotopic (exact) mass is 457 g/mol. The van der Waals surface area contributed by atoms with Crippen molar-refractivity contribution in [3.8, 4) is 0 Å². The lowest BCUT2D eigenvalue weighted by atomic mass is 10.2. The Hall–Kier alpha value is -1.61. The van der Waals surface area contributed by atoms with Gasteiger partial charge in [-0.1, -0.05) is 23.2 Å². The predicted molar refractivity (Wildman–Crippen MR) is 118 cm³/mol. The Morgan fingerprint density at radius 2 is 1.66 bits per heavy atom. The van der Waals surface area contributed by atoms with E-state index in [4.69, 9.17) is 23.2 Å². The van der Waals surface area contributed by atoms with Crippen molar-refractivity contribution in [2.45, 2.75) is 25.7 Å². The second-order valence-electron chi connectivity index (χ2n) is 6.84. The number of hydrogen-bond acceptors (Lipinski definition) is 6. The van der Waals surface area contributed by atoms with E-state index in [2.05, 4.69) is 28.9 Å². The molecule has 1 aromatic heterocycles. The largest absolute Gasteiger partial charge is 0.356 e. The summed E-state index contributed by atoms with van der Waals surface area (Å²) < 4.78 is 27.5. The zero-order valence-electron chi connectivity index (χ0n) is 16.8. The summed E-state index contributed by atoms with van der Waals surface area (Å²) in [6, 6.07) is 6.90. The molecule has 0 aliphatic carbocycles. The van der Waals surface area contributed by atoms with Crippen LogP contribution >= 0.6 is 23.2 Å². The van der Waals surface area contributed by atoms with Crippen LogP contribution in [-0.4, -0.2) is 62.2 Å². The summed E-state index contributed by atoms with van der Waals surface area (Å²) in [4.78, 5) is 4.26. The minimum atomic E-state index is -3.69. The van der Waals surface area contributed by atoms with Crippen LogP contribution in [0.4, 0.5) is 11.6 Å². The molecule has 1 aliphatic heterocycles. The van der Waals surface area contributed by atoms with Crippen LogP contribution in [0.25, 0.3) is 0 Å². The van der Waals surface area contributed by atoms with Gasteiger partial charge in [0.1, 0.15) is 4.90 Å². The van der Waals surface area contributed by atoms with Gasteiger partial charge in [0.2, 0.25) is 10.0 Å². The Balaban J connectivity index is 1.71. The van der Waals surface area contributed by atoms with Gasteiger partial charge in [0.05, 0.1) is 5.02 Å². The van der Waals surface area contributed by atoms with Crippen molar-refractivity contribution >= 4 is 44.9 Å². The zero-order valence-corrected chi connectivity index (χ0v) is 19.1. The van der Waals surface area contributed by atoms with Gasteiger partial charge < -0.3 is 9.80 Å². The zero-order chi connectivity index (χ0) is 21.2. The van der Waals surface area contributed by atoms with Crippen molar-refractivity contribution in [1.29, 1.82) is 0 Å². The van der Waals surface area contributed by atoms with Crippen LogP contribution < -0.4 is 9.80 Å². The molecule has 158 valence electrons. The number of anilines is 2. The number of sulfonamides is 1. The van der Waals surface area contributed by atoms with Crippen LogP contribution in [0, 0.1) is 6.92 Å². The third-order valence-corrected chi connectivity index (χ3v) is 7.89. The van der Waals surface area contributed by atoms with E-state index in [0.29, 0.717) is 36.8 Å². The summed E-state index contributed by atoms with van der Waals surface area (Å²) in [5, 5.41) is 9.23. The van der Waals surface area contributed by atoms with Crippen molar-refractivity contribution in [1.82, 2.24) is 14.5 Å². The van der Waals surface area contributed by atoms with Gasteiger partial charge in [-0.15, -0.1) is 10.2 Å². The molecule has 0 atom stereocenters. The summed E-state index contributed by atoms with van der Waals surface area (Å²) in [5.41, 5.74) is 0.678. The minimum absolute atomic E-state index is 0.0953. The van der Waals surface area contributed by atoms with Crippen molar-refractivity contribution < 1.29 is 8.42 Å². The van der Waals surface area contributed by atoms with Crippen LogP contribution in [0.3, 0.4) is 0 Å². The highest BCUT2D eigenvalue weighted by Crippen LogP contribution is 2.31. The molecule has 0 bridgehead atoms. The Kier molecular flexibility index (Phi) is 6.88. The van der Waals surface area contributed by atoms with Gasteiger partial charge in [0.15, 0.2) is 11.6 Å². The molecular weight excluding hydrogens is 433 g/mol. The topological polar surface area (TPSA) is 69.6 Å². The highest BCUT2D eigenvalue weighted by Gasteiger charge is 2.31. The molecule has 0 saturated carbocycles. The van der Waals surface area contributed by atoms with E-state index < -0.39 is 10.0 Å². The summed E-state index contributed by atoms with van der Waals surface area (Å²) >= 11 is 12.2. The Labute approximate surface area is 182 Å². The van der Waals surface area contributed by atoms with E-state index in [1.54, 1.807) is 6.92 Å². The van der Waals surface area contributed by atoms with Crippen molar-refractivity contribution in [3.63, 3.8) is 0 Å². The molecule has 1 fully saturated rings. The van der Waals surface area contributed by atoms with E-state index in [1.165, 1.54) is 16.4 Å². The Morgan fingerprint density at radius 1 is 1.00 bits per heavy atom. The Bertz CT molecular complexity index is 957. The van der Waals surface area contributed by atoms with Gasteiger partial charge in [0, 0.05) is 44.3 Å². The molecule has 0 radical (unpaired) electrons. The first-order valence-electron chi connectivity index (χ1n) is 9.57. The quantitative estimate of drug-likeness (QED) is 0.661. The SMILES string of the molecule is CCN(CC)c1ccc(N2CCN(S(=O)(=O)c3cc(C)c(Cl)cc3Cl)CC2)nn1. The first-order chi connectivity index (χ1) is 13.8. The number of benzene rings is 1. The minimum Gasteiger partial charge on any atom is -0.356 e. The lowest BCUT2D eigenvalue weighted by Gasteiger charge is -2.34. The van der Waals surface area contributed by atoms with Crippen molar-refractivity contribution in [3.05, 3.63) is 39.9 Å². The van der Waals surface area contributed by atoms with E-state index in [-0.39, 0.29) is 9.92 Å². The lowest BCUT2D eigenvalue weighted by Crippen LogP contribution is -2.49. The van der Waals surface area contributed by atoms with Crippen molar-refractivity contribution in [2.24, 2.45) is 0 Å². The molecule has 1 aromatic carbocycles. The molecule has 3 rings (SSSR count). The summed E-state index contributed by atoms with van der Waals surface area (Å²) in [5.74, 6) is 1.59. The molecule has 10 heteroatoms. The number of rotatable bonds is 6. The molecule has 0 amide bonds. The Morgan fingerprint density at radius 3 is 2.21 bits per heavy atom. The normalized spacial score (nSPS) is 15.6. The number of hydrogen-bond donors (Lipinski definition) is 0. The summed E-state index contributed by atoms with van der Waals surface area (Å²) in [6.07, 6.45) is 0. The van der Waals surface area contributed by atoms with E-state index in [9.17, 15) is 8.42 Å². The highest BCUT2D eigenvalue weighted by atomic mass is 35.5. The molecule has 7 nitrogen and oxygen atoms in total. The number of piperazine rings is 1. The number of halogens is 2. The average molecular weight is 458 g/mol. The van der Waals surface area contributed by atoms with Crippen LogP contribution in [-0.2, 0) is 10.0 Å². The maximum atomic E-state index is 13.0. The van der Waals surface area contributed by atoms with Gasteiger partial charge >= 0.3 is 0 Å². The molecule has 29 heavy (non-hydrogen) atoms. The fourth-order valence-electron chi connectivity index (χ4n) is 3.33. The van der Waals surface area contributed by atoms with Crippen molar-refractivity contribution in [2.75, 3.05) is 49.1 Å². The molecule has 0 N–H and O–H groups in total. The maximum absolute atomic E-state index is 13.0. The lowest BCUT2D eigenvalue weighted by molar-refractivity contribution is 0.383. The van der Waals surface area contributed by atoms with Crippen LogP contribution in [0.2, 0.25) is 10.0 Å². The molecule has 1 aliphatic rings. The maximum Gasteiger partial charge on any atom is 0.244 e. The standard InChI is InChI=1S/C19H25Cl2N5O2S/c1-4-24(5-2)18-6-7-19(23-22-18)25-8-10-26(11-9-25)29(27,28)17-12-14(3)15(20)13-16(17)21/h6-7,12-13H,4-5,8-11H2,1-3H3. The van der Waals surface area contributed by atoms with E-state index >= 15 is 0 Å². The molecule has 1 saturated heterocycles. The first kappa shape index (κ1) is 22.1. The molecular formula is C19H25Cl2N5O2S. The molecule has 0 unspecified atom stereocenters. The number of aryl methyl sites for hydroxylation is 1. The van der Waals surface area contributed by atoms with Gasteiger partial charge in [0.25, 0.3) is 0 Å². The third kappa shape index (κ3) is 4.60. The summed E-state index contributed by atoms with van der Waals surface area (Å²) in [6.45, 7) is 9.41. The van der Waals surface area contributed by atoms with Gasteiger partial charge in [-0.05, 0) is 50.6 Å². The third-order valence-electron chi connectivity index (χ3n) is 5.12. The fourth-order valence-corrected chi connectivity index (χ4v) is 5.56. The highest BCUT2D eigenvalue weighted by molar-refractivity contribution is 7.89. The second-order valence-corrected chi connectivity index (χ2v) is 9.57. The predicted octanol–water partition coefficient (Wildman–Crippen LogP) is 3.45. The van der Waals surface area contributed by atoms with Crippen LogP contribution in [0.5, 0.6) is 0 Å². The summed E-state index contributed by atoms with van der Waals surface area (Å²) in [7, 11) is -3.69. The average Bonchev–Trinajstić information content (AvgIpc) is 2.72. The van der Waals surface area contributed by atoms with Crippen LogP contribution in [0.15, 0.2) is 29.2 Å². The van der Waals surface area contributed by atoms with Gasteiger partial charge in [-0.2, -0.15) is 4.31 Å². The fraction of sp³-hybridized carbons (Fsp3) is 0.474. The smallest absolute Gasteiger partial charge is 0.244 e. The van der Waals surface area contributed by atoms with Gasteiger partial charge in [-0.3, -0.25) is 0 Å². The van der Waals surface area contributed by atoms with Crippen LogP contribution in [0.1, 0.15) is 19.4 Å². The number of nitrogens with zero attached hydrogens (tertiary/aromatic N) is 5. The second kappa shape index (κ2) is 9.04. The molecule has 2 aromatic rings. The molecule has 2 heterocycles.